The number of carbonyl (C=O) groups excluding carboxylic acids is 2. The molecule has 0 aliphatic rings. The van der Waals surface area contributed by atoms with E-state index in [0.29, 0.717) is 13.0 Å². The highest BCUT2D eigenvalue weighted by Gasteiger charge is 2.03. The molecule has 0 saturated carbocycles. The Morgan fingerprint density at radius 3 is 2.44 bits per heavy atom. The maximum Gasteiger partial charge on any atom is 0.216 e. The van der Waals surface area contributed by atoms with Gasteiger partial charge in [-0.1, -0.05) is 30.3 Å². The van der Waals surface area contributed by atoms with Gasteiger partial charge < -0.3 is 5.32 Å². The Morgan fingerprint density at radius 2 is 1.81 bits per heavy atom. The van der Waals surface area contributed by atoms with Gasteiger partial charge in [0.1, 0.15) is 0 Å². The van der Waals surface area contributed by atoms with Crippen LogP contribution in [0.1, 0.15) is 36.5 Å². The first-order valence-corrected chi connectivity index (χ1v) is 5.53. The molecule has 3 nitrogen and oxygen atoms in total. The van der Waals surface area contributed by atoms with E-state index in [4.69, 9.17) is 0 Å². The Kier molecular flexibility index (Phi) is 5.26. The fourth-order valence-corrected chi connectivity index (χ4v) is 1.44. The lowest BCUT2D eigenvalue weighted by atomic mass is 10.1. The van der Waals surface area contributed by atoms with Gasteiger partial charge in [-0.25, -0.2) is 0 Å². The van der Waals surface area contributed by atoms with Crippen LogP contribution >= 0.6 is 0 Å². The number of rotatable bonds is 6. The van der Waals surface area contributed by atoms with Gasteiger partial charge in [-0.2, -0.15) is 0 Å². The van der Waals surface area contributed by atoms with E-state index < -0.39 is 0 Å². The van der Waals surface area contributed by atoms with E-state index >= 15 is 0 Å². The molecule has 0 atom stereocenters. The largest absolute Gasteiger partial charge is 0.356 e. The summed E-state index contributed by atoms with van der Waals surface area (Å²) >= 11 is 0. The number of carbonyl (C=O) groups is 2. The molecule has 0 unspecified atom stereocenters. The number of hydrogen-bond donors (Lipinski definition) is 1. The first kappa shape index (κ1) is 12.4. The van der Waals surface area contributed by atoms with Crippen LogP contribution in [0, 0.1) is 0 Å². The highest BCUT2D eigenvalue weighted by atomic mass is 16.1. The van der Waals surface area contributed by atoms with Crippen molar-refractivity contribution in [3.05, 3.63) is 35.9 Å². The molecule has 0 radical (unpaired) electrons. The molecule has 16 heavy (non-hydrogen) atoms. The zero-order chi connectivity index (χ0) is 11.8. The molecule has 0 bridgehead atoms. The zero-order valence-corrected chi connectivity index (χ0v) is 9.53. The minimum Gasteiger partial charge on any atom is -0.356 e. The summed E-state index contributed by atoms with van der Waals surface area (Å²) in [5, 5.41) is 2.71. The van der Waals surface area contributed by atoms with Crippen molar-refractivity contribution >= 4 is 11.7 Å². The first-order chi connectivity index (χ1) is 7.70. The third-order valence-electron chi connectivity index (χ3n) is 2.30. The molecule has 1 aromatic carbocycles. The molecule has 1 N–H and O–H groups in total. The van der Waals surface area contributed by atoms with Crippen LogP contribution in [-0.4, -0.2) is 18.2 Å². The van der Waals surface area contributed by atoms with Gasteiger partial charge in [-0.15, -0.1) is 0 Å². The summed E-state index contributed by atoms with van der Waals surface area (Å²) in [5.74, 6) is 0.151. The Balaban J connectivity index is 2.19. The van der Waals surface area contributed by atoms with Crippen molar-refractivity contribution in [2.75, 3.05) is 6.54 Å². The van der Waals surface area contributed by atoms with Crippen LogP contribution in [0.25, 0.3) is 0 Å². The van der Waals surface area contributed by atoms with Gasteiger partial charge in [0.05, 0.1) is 0 Å². The zero-order valence-electron chi connectivity index (χ0n) is 9.53. The minimum absolute atomic E-state index is 0.0191. The van der Waals surface area contributed by atoms with Crippen molar-refractivity contribution in [2.45, 2.75) is 26.2 Å². The number of ketones is 1. The summed E-state index contributed by atoms with van der Waals surface area (Å²) in [6, 6.07) is 9.29. The summed E-state index contributed by atoms with van der Waals surface area (Å²) in [4.78, 5) is 22.2. The number of Topliss-reactive ketones (excluding diaryl/α,β-unsaturated/α-hetero) is 1. The van der Waals surface area contributed by atoms with Crippen molar-refractivity contribution in [2.24, 2.45) is 0 Å². The van der Waals surface area contributed by atoms with E-state index in [9.17, 15) is 9.59 Å². The van der Waals surface area contributed by atoms with E-state index in [1.807, 2.05) is 30.3 Å². The van der Waals surface area contributed by atoms with Crippen LogP contribution in [0.4, 0.5) is 0 Å². The summed E-state index contributed by atoms with van der Waals surface area (Å²) < 4.78 is 0. The molecule has 0 fully saturated rings. The third kappa shape index (κ3) is 4.73. The summed E-state index contributed by atoms with van der Waals surface area (Å²) in [6.45, 7) is 2.15. The monoisotopic (exact) mass is 219 g/mol. The summed E-state index contributed by atoms with van der Waals surface area (Å²) in [7, 11) is 0. The van der Waals surface area contributed by atoms with Gasteiger partial charge in [-0.05, 0) is 12.8 Å². The van der Waals surface area contributed by atoms with E-state index in [1.54, 1.807) is 0 Å². The van der Waals surface area contributed by atoms with Crippen LogP contribution in [0.5, 0.6) is 0 Å². The molecule has 3 heteroatoms. The van der Waals surface area contributed by atoms with E-state index in [0.717, 1.165) is 18.4 Å². The molecule has 0 aliphatic carbocycles. The van der Waals surface area contributed by atoms with Crippen LogP contribution in [0.15, 0.2) is 30.3 Å². The van der Waals surface area contributed by atoms with Gasteiger partial charge in [0.2, 0.25) is 5.91 Å². The quantitative estimate of drug-likeness (QED) is 0.588. The molecule has 0 spiro atoms. The van der Waals surface area contributed by atoms with Gasteiger partial charge in [0, 0.05) is 25.5 Å². The fourth-order valence-electron chi connectivity index (χ4n) is 1.44. The maximum absolute atomic E-state index is 11.7. The van der Waals surface area contributed by atoms with Crippen molar-refractivity contribution in [3.63, 3.8) is 0 Å². The molecule has 0 aliphatic heterocycles. The normalized spacial score (nSPS) is 9.81. The average molecular weight is 219 g/mol. The Hall–Kier alpha value is -1.64. The second kappa shape index (κ2) is 6.77. The Bertz CT molecular complexity index is 346. The SMILES string of the molecule is CC(=O)NCCCCC(=O)c1ccccc1. The van der Waals surface area contributed by atoms with Crippen LogP contribution in [0.3, 0.4) is 0 Å². The number of amides is 1. The number of nitrogens with one attached hydrogen (secondary N) is 1. The van der Waals surface area contributed by atoms with E-state index in [1.165, 1.54) is 6.92 Å². The summed E-state index contributed by atoms with van der Waals surface area (Å²) in [6.07, 6.45) is 2.20. The van der Waals surface area contributed by atoms with Crippen LogP contribution in [0.2, 0.25) is 0 Å². The standard InChI is InChI=1S/C13H17NO2/c1-11(15)14-10-6-5-9-13(16)12-7-3-2-4-8-12/h2-4,7-8H,5-6,9-10H2,1H3,(H,14,15). The summed E-state index contributed by atoms with van der Waals surface area (Å²) in [5.41, 5.74) is 0.766. The average Bonchev–Trinajstić information content (AvgIpc) is 2.29. The van der Waals surface area contributed by atoms with Crippen molar-refractivity contribution in [1.82, 2.24) is 5.32 Å². The minimum atomic E-state index is -0.0191. The second-order valence-electron chi connectivity index (χ2n) is 3.73. The highest BCUT2D eigenvalue weighted by molar-refractivity contribution is 5.95. The lowest BCUT2D eigenvalue weighted by Gasteiger charge is -2.02. The van der Waals surface area contributed by atoms with Crippen LogP contribution in [-0.2, 0) is 4.79 Å². The van der Waals surface area contributed by atoms with Crippen molar-refractivity contribution in [3.8, 4) is 0 Å². The second-order valence-corrected chi connectivity index (χ2v) is 3.73. The predicted molar refractivity (Wildman–Crippen MR) is 63.3 cm³/mol. The molecule has 0 aromatic heterocycles. The van der Waals surface area contributed by atoms with Gasteiger partial charge in [-0.3, -0.25) is 9.59 Å². The maximum atomic E-state index is 11.7. The van der Waals surface area contributed by atoms with Crippen LogP contribution < -0.4 is 5.32 Å². The van der Waals surface area contributed by atoms with Crippen molar-refractivity contribution in [1.29, 1.82) is 0 Å². The molecule has 0 saturated heterocycles. The molecule has 1 aromatic rings. The van der Waals surface area contributed by atoms with Gasteiger partial charge in [0.15, 0.2) is 5.78 Å². The molecule has 0 heterocycles. The lowest BCUT2D eigenvalue weighted by Crippen LogP contribution is -2.20. The number of benzene rings is 1. The molecule has 1 rings (SSSR count). The van der Waals surface area contributed by atoms with Gasteiger partial charge >= 0.3 is 0 Å². The molecular formula is C13H17NO2. The smallest absolute Gasteiger partial charge is 0.216 e. The van der Waals surface area contributed by atoms with E-state index in [-0.39, 0.29) is 11.7 Å². The fraction of sp³-hybridized carbons (Fsp3) is 0.385. The first-order valence-electron chi connectivity index (χ1n) is 5.53. The van der Waals surface area contributed by atoms with Crippen molar-refractivity contribution < 1.29 is 9.59 Å². The number of unbranched alkanes of at least 4 members (excludes halogenated alkanes) is 1. The molecule has 1 amide bonds. The molecular weight excluding hydrogens is 202 g/mol. The third-order valence-corrected chi connectivity index (χ3v) is 2.30. The molecule has 86 valence electrons. The predicted octanol–water partition coefficient (Wildman–Crippen LogP) is 2.18. The lowest BCUT2D eigenvalue weighted by molar-refractivity contribution is -0.118. The Morgan fingerprint density at radius 1 is 1.12 bits per heavy atom. The van der Waals surface area contributed by atoms with E-state index in [2.05, 4.69) is 5.32 Å². The van der Waals surface area contributed by atoms with Gasteiger partial charge in [0.25, 0.3) is 0 Å². The number of hydrogen-bond acceptors (Lipinski definition) is 2. The highest BCUT2D eigenvalue weighted by Crippen LogP contribution is 2.06. The topological polar surface area (TPSA) is 46.2 Å². The Labute approximate surface area is 95.9 Å².